The summed E-state index contributed by atoms with van der Waals surface area (Å²) in [5, 5.41) is 2.75. The van der Waals surface area contributed by atoms with E-state index in [4.69, 9.17) is 0 Å². The fourth-order valence-electron chi connectivity index (χ4n) is 3.50. The molecule has 2 aromatic carbocycles. The summed E-state index contributed by atoms with van der Waals surface area (Å²) in [6.45, 7) is 4.41. The molecule has 7 nitrogen and oxygen atoms in total. The zero-order chi connectivity index (χ0) is 24.4. The van der Waals surface area contributed by atoms with Crippen LogP contribution in [0.4, 0.5) is 10.1 Å². The summed E-state index contributed by atoms with van der Waals surface area (Å²) in [6.07, 6.45) is 2.00. The molecule has 2 aromatic rings. The van der Waals surface area contributed by atoms with Crippen molar-refractivity contribution in [2.75, 3.05) is 30.2 Å². The van der Waals surface area contributed by atoms with E-state index in [2.05, 4.69) is 5.32 Å². The van der Waals surface area contributed by atoms with E-state index in [9.17, 15) is 22.4 Å². The number of rotatable bonds is 12. The number of carbonyl (C=O) groups is 2. The molecule has 0 unspecified atom stereocenters. The van der Waals surface area contributed by atoms with Crippen LogP contribution in [0.3, 0.4) is 0 Å². The van der Waals surface area contributed by atoms with Crippen LogP contribution < -0.4 is 9.62 Å². The fourth-order valence-corrected chi connectivity index (χ4v) is 4.47. The summed E-state index contributed by atoms with van der Waals surface area (Å²) in [5.74, 6) is -0.920. The lowest BCUT2D eigenvalue weighted by molar-refractivity contribution is -0.139. The Labute approximate surface area is 195 Å². The Hall–Kier alpha value is -2.94. The molecular formula is C24H32FN3O4S. The number of hydrogen-bond donors (Lipinski definition) is 1. The van der Waals surface area contributed by atoms with Gasteiger partial charge in [0.2, 0.25) is 21.8 Å². The minimum Gasteiger partial charge on any atom is -0.355 e. The number of sulfonamides is 1. The van der Waals surface area contributed by atoms with E-state index in [1.165, 1.54) is 24.3 Å². The molecular weight excluding hydrogens is 445 g/mol. The number of carbonyl (C=O) groups excluding carboxylic acids is 2. The van der Waals surface area contributed by atoms with Gasteiger partial charge in [0.25, 0.3) is 0 Å². The van der Waals surface area contributed by atoms with Gasteiger partial charge in [-0.05, 0) is 56.5 Å². The Morgan fingerprint density at radius 2 is 1.67 bits per heavy atom. The van der Waals surface area contributed by atoms with Gasteiger partial charge in [-0.25, -0.2) is 12.8 Å². The Morgan fingerprint density at radius 3 is 2.24 bits per heavy atom. The Kier molecular flexibility index (Phi) is 9.84. The van der Waals surface area contributed by atoms with Gasteiger partial charge in [0.15, 0.2) is 0 Å². The number of nitrogens with zero attached hydrogens (tertiary/aromatic N) is 2. The lowest BCUT2D eigenvalue weighted by atomic mass is 10.1. The third kappa shape index (κ3) is 8.16. The molecule has 0 saturated carbocycles. The maximum atomic E-state index is 13.2. The molecule has 180 valence electrons. The van der Waals surface area contributed by atoms with E-state index in [0.717, 1.165) is 16.1 Å². The first-order valence-electron chi connectivity index (χ1n) is 11.0. The Balaban J connectivity index is 2.07. The highest BCUT2D eigenvalue weighted by atomic mass is 32.2. The van der Waals surface area contributed by atoms with E-state index in [0.29, 0.717) is 25.2 Å². The highest BCUT2D eigenvalue weighted by Crippen LogP contribution is 2.19. The van der Waals surface area contributed by atoms with Gasteiger partial charge in [0.05, 0.1) is 11.9 Å². The van der Waals surface area contributed by atoms with Gasteiger partial charge < -0.3 is 10.2 Å². The van der Waals surface area contributed by atoms with E-state index < -0.39 is 21.9 Å². The number of hydrogen-bond acceptors (Lipinski definition) is 4. The van der Waals surface area contributed by atoms with Crippen LogP contribution in [0.5, 0.6) is 0 Å². The molecule has 0 aliphatic heterocycles. The smallest absolute Gasteiger partial charge is 0.242 e. The van der Waals surface area contributed by atoms with Crippen LogP contribution in [0.15, 0.2) is 54.6 Å². The Morgan fingerprint density at radius 1 is 1.03 bits per heavy atom. The average molecular weight is 478 g/mol. The van der Waals surface area contributed by atoms with Crippen LogP contribution in [0, 0.1) is 5.82 Å². The molecule has 2 amide bonds. The van der Waals surface area contributed by atoms with Crippen LogP contribution in [-0.4, -0.2) is 57.1 Å². The third-order valence-corrected chi connectivity index (χ3v) is 6.46. The summed E-state index contributed by atoms with van der Waals surface area (Å²) in [6, 6.07) is 14.2. The summed E-state index contributed by atoms with van der Waals surface area (Å²) in [4.78, 5) is 27.0. The van der Waals surface area contributed by atoms with E-state index in [1.807, 2.05) is 37.3 Å². The molecule has 0 saturated heterocycles. The first-order valence-corrected chi connectivity index (χ1v) is 12.8. The summed E-state index contributed by atoms with van der Waals surface area (Å²) < 4.78 is 38.9. The topological polar surface area (TPSA) is 86.8 Å². The van der Waals surface area contributed by atoms with Crippen molar-refractivity contribution in [3.05, 3.63) is 66.0 Å². The lowest BCUT2D eigenvalue weighted by Gasteiger charge is -2.29. The second-order valence-electron chi connectivity index (χ2n) is 7.81. The van der Waals surface area contributed by atoms with Gasteiger partial charge in [-0.2, -0.15) is 0 Å². The zero-order valence-corrected chi connectivity index (χ0v) is 20.1. The van der Waals surface area contributed by atoms with Crippen molar-refractivity contribution in [3.63, 3.8) is 0 Å². The standard InChI is InChI=1S/C24H32FN3O4S/c1-4-26-24(30)19(2)27(18-16-20-9-6-5-7-10-20)23(29)11-8-17-28(33(3,31)32)22-14-12-21(25)13-15-22/h5-7,9-10,12-15,19H,4,8,11,16-18H2,1-3H3,(H,26,30)/t19-/m1/s1. The quantitative estimate of drug-likeness (QED) is 0.509. The number of anilines is 1. The highest BCUT2D eigenvalue weighted by Gasteiger charge is 2.26. The summed E-state index contributed by atoms with van der Waals surface area (Å²) >= 11 is 0. The van der Waals surface area contributed by atoms with Gasteiger partial charge in [-0.3, -0.25) is 13.9 Å². The van der Waals surface area contributed by atoms with Gasteiger partial charge in [-0.15, -0.1) is 0 Å². The van der Waals surface area contributed by atoms with Crippen molar-refractivity contribution >= 4 is 27.5 Å². The summed E-state index contributed by atoms with van der Waals surface area (Å²) in [7, 11) is -3.61. The van der Waals surface area contributed by atoms with Crippen LogP contribution in [0.25, 0.3) is 0 Å². The molecule has 0 fully saturated rings. The van der Waals surface area contributed by atoms with E-state index in [-0.39, 0.29) is 31.2 Å². The second-order valence-corrected chi connectivity index (χ2v) is 9.72. The van der Waals surface area contributed by atoms with E-state index >= 15 is 0 Å². The largest absolute Gasteiger partial charge is 0.355 e. The van der Waals surface area contributed by atoms with Crippen LogP contribution in [0.1, 0.15) is 32.3 Å². The number of likely N-dealkylation sites (N-methyl/N-ethyl adjacent to an activating group) is 1. The molecule has 0 aromatic heterocycles. The van der Waals surface area contributed by atoms with Gasteiger partial charge in [0.1, 0.15) is 11.9 Å². The maximum Gasteiger partial charge on any atom is 0.242 e. The maximum absolute atomic E-state index is 13.2. The normalized spacial score (nSPS) is 12.1. The van der Waals surface area contributed by atoms with Crippen molar-refractivity contribution in [1.82, 2.24) is 10.2 Å². The van der Waals surface area contributed by atoms with Crippen molar-refractivity contribution in [1.29, 1.82) is 0 Å². The number of halogens is 1. The van der Waals surface area contributed by atoms with E-state index in [1.54, 1.807) is 11.8 Å². The Bertz CT molecular complexity index is 1010. The molecule has 1 N–H and O–H groups in total. The molecule has 0 heterocycles. The van der Waals surface area contributed by atoms with Gasteiger partial charge in [0, 0.05) is 26.1 Å². The van der Waals surface area contributed by atoms with Crippen molar-refractivity contribution in [3.8, 4) is 0 Å². The number of nitrogens with one attached hydrogen (secondary N) is 1. The predicted molar refractivity (Wildman–Crippen MR) is 128 cm³/mol. The summed E-state index contributed by atoms with van der Waals surface area (Å²) in [5.41, 5.74) is 1.39. The molecule has 2 rings (SSSR count). The molecule has 1 atom stereocenters. The van der Waals surface area contributed by atoms with Crippen molar-refractivity contribution < 1.29 is 22.4 Å². The first-order chi connectivity index (χ1) is 15.6. The molecule has 0 aliphatic rings. The highest BCUT2D eigenvalue weighted by molar-refractivity contribution is 7.92. The average Bonchev–Trinajstić information content (AvgIpc) is 2.77. The van der Waals surface area contributed by atoms with Gasteiger partial charge in [-0.1, -0.05) is 30.3 Å². The second kappa shape index (κ2) is 12.3. The molecule has 33 heavy (non-hydrogen) atoms. The minimum atomic E-state index is -3.61. The van der Waals surface area contributed by atoms with Crippen molar-refractivity contribution in [2.24, 2.45) is 0 Å². The van der Waals surface area contributed by atoms with Crippen LogP contribution >= 0.6 is 0 Å². The van der Waals surface area contributed by atoms with Crippen molar-refractivity contribution in [2.45, 2.75) is 39.2 Å². The molecule has 0 bridgehead atoms. The zero-order valence-electron chi connectivity index (χ0n) is 19.3. The molecule has 9 heteroatoms. The predicted octanol–water partition coefficient (Wildman–Crippen LogP) is 2.97. The third-order valence-electron chi connectivity index (χ3n) is 5.27. The minimum absolute atomic E-state index is 0.0677. The molecule has 0 aliphatic carbocycles. The van der Waals surface area contributed by atoms with Gasteiger partial charge >= 0.3 is 0 Å². The lowest BCUT2D eigenvalue weighted by Crippen LogP contribution is -2.48. The van der Waals surface area contributed by atoms with Crippen LogP contribution in [0.2, 0.25) is 0 Å². The van der Waals surface area contributed by atoms with Crippen LogP contribution in [-0.2, 0) is 26.0 Å². The first kappa shape index (κ1) is 26.3. The number of amides is 2. The molecule has 0 spiro atoms. The number of benzene rings is 2. The molecule has 0 radical (unpaired) electrons. The monoisotopic (exact) mass is 477 g/mol. The SMILES string of the molecule is CCNC(=O)[C@@H](C)N(CCc1ccccc1)C(=O)CCCN(c1ccc(F)cc1)S(C)(=O)=O. The fraction of sp³-hybridized carbons (Fsp3) is 0.417.